The van der Waals surface area contributed by atoms with Crippen molar-refractivity contribution in [1.82, 2.24) is 0 Å². The number of aldehydes is 1. The zero-order chi connectivity index (χ0) is 8.65. The Bertz CT molecular complexity index is 194. The standard InChI is InChI=1S/C9H12O3/c10-8-9-2-1-4-11-6-7-12-5-3-9/h1-3,8H,4-7H2/b2-1-,9-3+. The predicted octanol–water partition coefficient (Wildman–Crippen LogP) is 0.715. The van der Waals surface area contributed by atoms with Crippen molar-refractivity contribution < 1.29 is 14.3 Å². The SMILES string of the molecule is O=CC1=C/COCCOC/C=C\1. The third kappa shape index (κ3) is 3.46. The van der Waals surface area contributed by atoms with E-state index in [9.17, 15) is 4.79 Å². The summed E-state index contributed by atoms with van der Waals surface area (Å²) in [7, 11) is 0. The van der Waals surface area contributed by atoms with Crippen molar-refractivity contribution in [2.75, 3.05) is 26.4 Å². The minimum absolute atomic E-state index is 0.474. The molecule has 12 heavy (non-hydrogen) atoms. The van der Waals surface area contributed by atoms with Crippen LogP contribution in [0.4, 0.5) is 0 Å². The van der Waals surface area contributed by atoms with Gasteiger partial charge < -0.3 is 9.47 Å². The van der Waals surface area contributed by atoms with Gasteiger partial charge in [-0.3, -0.25) is 4.79 Å². The number of hydrogen-bond donors (Lipinski definition) is 0. The highest BCUT2D eigenvalue weighted by atomic mass is 16.5. The van der Waals surface area contributed by atoms with Gasteiger partial charge in [-0.1, -0.05) is 12.2 Å². The van der Waals surface area contributed by atoms with Crippen LogP contribution in [0.15, 0.2) is 23.8 Å². The number of hydrogen-bond acceptors (Lipinski definition) is 3. The normalized spacial score (nSPS) is 26.8. The van der Waals surface area contributed by atoms with Gasteiger partial charge in [0.2, 0.25) is 0 Å². The Morgan fingerprint density at radius 1 is 1.25 bits per heavy atom. The van der Waals surface area contributed by atoms with Crippen LogP contribution in [-0.2, 0) is 14.3 Å². The van der Waals surface area contributed by atoms with Crippen molar-refractivity contribution in [3.8, 4) is 0 Å². The predicted molar refractivity (Wildman–Crippen MR) is 44.9 cm³/mol. The highest BCUT2D eigenvalue weighted by molar-refractivity contribution is 5.77. The molecule has 1 aliphatic heterocycles. The van der Waals surface area contributed by atoms with Crippen LogP contribution in [-0.4, -0.2) is 32.7 Å². The number of allylic oxidation sites excluding steroid dienone is 2. The average molecular weight is 168 g/mol. The van der Waals surface area contributed by atoms with E-state index in [-0.39, 0.29) is 0 Å². The molecule has 1 heterocycles. The Kier molecular flexibility index (Phi) is 4.34. The minimum Gasteiger partial charge on any atom is -0.375 e. The summed E-state index contributed by atoms with van der Waals surface area (Å²) >= 11 is 0. The molecule has 66 valence electrons. The molecule has 0 N–H and O–H groups in total. The second-order valence-electron chi connectivity index (χ2n) is 2.37. The highest BCUT2D eigenvalue weighted by Crippen LogP contribution is 1.95. The number of rotatable bonds is 1. The Morgan fingerprint density at radius 2 is 2.00 bits per heavy atom. The van der Waals surface area contributed by atoms with Gasteiger partial charge in [-0.2, -0.15) is 0 Å². The molecule has 0 aliphatic carbocycles. The number of carbonyl (C=O) groups is 1. The van der Waals surface area contributed by atoms with Crippen molar-refractivity contribution in [3.63, 3.8) is 0 Å². The van der Waals surface area contributed by atoms with Crippen LogP contribution >= 0.6 is 0 Å². The van der Waals surface area contributed by atoms with E-state index in [1.165, 1.54) is 0 Å². The van der Waals surface area contributed by atoms with Gasteiger partial charge in [0.25, 0.3) is 0 Å². The Labute approximate surface area is 71.7 Å². The van der Waals surface area contributed by atoms with E-state index in [0.29, 0.717) is 32.0 Å². The van der Waals surface area contributed by atoms with Crippen molar-refractivity contribution in [2.45, 2.75) is 0 Å². The van der Waals surface area contributed by atoms with Crippen LogP contribution in [0.2, 0.25) is 0 Å². The van der Waals surface area contributed by atoms with E-state index >= 15 is 0 Å². The molecule has 0 atom stereocenters. The summed E-state index contributed by atoms with van der Waals surface area (Å²) in [6.45, 7) is 2.20. The quantitative estimate of drug-likeness (QED) is 0.541. The summed E-state index contributed by atoms with van der Waals surface area (Å²) in [5.74, 6) is 0. The fourth-order valence-corrected chi connectivity index (χ4v) is 0.847. The molecule has 0 fully saturated rings. The smallest absolute Gasteiger partial charge is 0.149 e. The first-order valence-electron chi connectivity index (χ1n) is 3.91. The molecule has 0 aromatic heterocycles. The van der Waals surface area contributed by atoms with Crippen LogP contribution in [0.25, 0.3) is 0 Å². The van der Waals surface area contributed by atoms with Gasteiger partial charge in [-0.15, -0.1) is 0 Å². The minimum atomic E-state index is 0.474. The summed E-state index contributed by atoms with van der Waals surface area (Å²) in [5, 5.41) is 0. The first-order chi connectivity index (χ1) is 5.93. The lowest BCUT2D eigenvalue weighted by Crippen LogP contribution is -2.05. The van der Waals surface area contributed by atoms with Gasteiger partial charge in [0.1, 0.15) is 6.29 Å². The van der Waals surface area contributed by atoms with E-state index in [2.05, 4.69) is 0 Å². The molecule has 3 nitrogen and oxygen atoms in total. The first-order valence-corrected chi connectivity index (χ1v) is 3.91. The zero-order valence-corrected chi connectivity index (χ0v) is 6.86. The van der Waals surface area contributed by atoms with Gasteiger partial charge in [-0.25, -0.2) is 0 Å². The van der Waals surface area contributed by atoms with E-state index in [0.717, 1.165) is 6.29 Å². The topological polar surface area (TPSA) is 35.5 Å². The van der Waals surface area contributed by atoms with Crippen molar-refractivity contribution in [1.29, 1.82) is 0 Å². The fourth-order valence-electron chi connectivity index (χ4n) is 0.847. The summed E-state index contributed by atoms with van der Waals surface area (Å²) in [6, 6.07) is 0. The lowest BCUT2D eigenvalue weighted by molar-refractivity contribution is -0.104. The van der Waals surface area contributed by atoms with E-state index < -0.39 is 0 Å². The maximum Gasteiger partial charge on any atom is 0.149 e. The molecule has 0 amide bonds. The van der Waals surface area contributed by atoms with Gasteiger partial charge in [0.15, 0.2) is 0 Å². The molecule has 0 saturated heterocycles. The van der Waals surface area contributed by atoms with Crippen LogP contribution in [0.5, 0.6) is 0 Å². The molecule has 0 saturated carbocycles. The Morgan fingerprint density at radius 3 is 2.75 bits per heavy atom. The van der Waals surface area contributed by atoms with Crippen molar-refractivity contribution >= 4 is 6.29 Å². The molecule has 0 unspecified atom stereocenters. The maximum atomic E-state index is 10.4. The summed E-state index contributed by atoms with van der Waals surface area (Å²) in [5.41, 5.74) is 0.639. The molecule has 0 aromatic rings. The first kappa shape index (κ1) is 9.16. The Hall–Kier alpha value is -0.930. The van der Waals surface area contributed by atoms with Gasteiger partial charge in [0, 0.05) is 5.57 Å². The van der Waals surface area contributed by atoms with Gasteiger partial charge >= 0.3 is 0 Å². The number of carbonyl (C=O) groups excluding carboxylic acids is 1. The van der Waals surface area contributed by atoms with E-state index in [1.807, 2.05) is 6.08 Å². The lowest BCUT2D eigenvalue weighted by Gasteiger charge is -2.03. The summed E-state index contributed by atoms with van der Waals surface area (Å²) < 4.78 is 10.3. The van der Waals surface area contributed by atoms with E-state index in [1.54, 1.807) is 12.2 Å². The van der Waals surface area contributed by atoms with Crippen LogP contribution in [0.1, 0.15) is 0 Å². The van der Waals surface area contributed by atoms with Gasteiger partial charge in [-0.05, 0) is 6.08 Å². The van der Waals surface area contributed by atoms with Crippen LogP contribution < -0.4 is 0 Å². The Balaban J connectivity index is 2.51. The van der Waals surface area contributed by atoms with Crippen LogP contribution in [0.3, 0.4) is 0 Å². The molecular weight excluding hydrogens is 156 g/mol. The number of ether oxygens (including phenoxy) is 2. The molecule has 0 radical (unpaired) electrons. The third-order valence-corrected chi connectivity index (χ3v) is 1.47. The van der Waals surface area contributed by atoms with E-state index in [4.69, 9.17) is 9.47 Å². The second kappa shape index (κ2) is 5.69. The van der Waals surface area contributed by atoms with Gasteiger partial charge in [0.05, 0.1) is 26.4 Å². The largest absolute Gasteiger partial charge is 0.375 e. The second-order valence-corrected chi connectivity index (χ2v) is 2.37. The average Bonchev–Trinajstić information content (AvgIpc) is 2.14. The lowest BCUT2D eigenvalue weighted by atomic mass is 10.2. The fraction of sp³-hybridized carbons (Fsp3) is 0.444. The summed E-state index contributed by atoms with van der Waals surface area (Å²) in [4.78, 5) is 10.4. The van der Waals surface area contributed by atoms with Crippen LogP contribution in [0, 0.1) is 0 Å². The molecule has 1 aliphatic rings. The third-order valence-electron chi connectivity index (χ3n) is 1.47. The monoisotopic (exact) mass is 168 g/mol. The highest BCUT2D eigenvalue weighted by Gasteiger charge is 1.92. The molecule has 1 rings (SSSR count). The molecule has 0 aromatic carbocycles. The summed E-state index contributed by atoms with van der Waals surface area (Å²) in [6.07, 6.45) is 6.13. The van der Waals surface area contributed by atoms with Crippen molar-refractivity contribution in [3.05, 3.63) is 23.8 Å². The molecule has 3 heteroatoms. The van der Waals surface area contributed by atoms with Crippen molar-refractivity contribution in [2.24, 2.45) is 0 Å². The molecular formula is C9H12O3. The molecule has 0 bridgehead atoms. The molecule has 0 spiro atoms. The maximum absolute atomic E-state index is 10.4. The zero-order valence-electron chi connectivity index (χ0n) is 6.86.